The van der Waals surface area contributed by atoms with Crippen molar-refractivity contribution in [2.75, 3.05) is 0 Å². The van der Waals surface area contributed by atoms with Gasteiger partial charge < -0.3 is 10.2 Å². The van der Waals surface area contributed by atoms with Crippen LogP contribution in [0.3, 0.4) is 0 Å². The molecule has 0 aromatic heterocycles. The molecular weight excluding hydrogens is 200 g/mol. The van der Waals surface area contributed by atoms with Gasteiger partial charge in [-0.05, 0) is 13.0 Å². The molecule has 0 heterocycles. The first-order valence-corrected chi connectivity index (χ1v) is 4.09. The number of carboxylic acid groups (broad SMARTS) is 2. The second-order valence-electron chi connectivity index (χ2n) is 3.08. The Morgan fingerprint density at radius 2 is 1.93 bits per heavy atom. The minimum Gasteiger partial charge on any atom is -0.481 e. The molecule has 2 N–H and O–H groups in total. The van der Waals surface area contributed by atoms with Crippen LogP contribution >= 0.6 is 0 Å². The standard InChI is InChI=1S/C10H8O5/c1-5-2-3-6(9(12)13)7(4-11)8(5)10(14)15/h2-3,8H,1H3,(H,12,13)(H,14,15). The normalized spacial score (nSPS) is 20.1. The number of hydrogen-bond donors (Lipinski definition) is 2. The van der Waals surface area contributed by atoms with Crippen LogP contribution in [0.4, 0.5) is 0 Å². The van der Waals surface area contributed by atoms with E-state index in [1.807, 2.05) is 0 Å². The van der Waals surface area contributed by atoms with Crippen LogP contribution in [-0.2, 0) is 14.4 Å². The van der Waals surface area contributed by atoms with Crippen LogP contribution in [0, 0.1) is 5.92 Å². The fourth-order valence-corrected chi connectivity index (χ4v) is 1.40. The lowest BCUT2D eigenvalue weighted by molar-refractivity contribution is -0.139. The van der Waals surface area contributed by atoms with Gasteiger partial charge in [0.05, 0.1) is 11.1 Å². The molecule has 1 rings (SSSR count). The summed E-state index contributed by atoms with van der Waals surface area (Å²) in [6.45, 7) is 1.52. The average molecular weight is 208 g/mol. The molecule has 1 atom stereocenters. The van der Waals surface area contributed by atoms with Crippen molar-refractivity contribution in [1.29, 1.82) is 0 Å². The molecule has 0 fully saturated rings. The van der Waals surface area contributed by atoms with E-state index >= 15 is 0 Å². The highest BCUT2D eigenvalue weighted by Crippen LogP contribution is 2.29. The highest BCUT2D eigenvalue weighted by Gasteiger charge is 2.32. The highest BCUT2D eigenvalue weighted by atomic mass is 16.4. The maximum atomic E-state index is 10.8. The number of carbonyl (C=O) groups is 2. The number of aliphatic carboxylic acids is 2. The Hall–Kier alpha value is -2.13. The summed E-state index contributed by atoms with van der Waals surface area (Å²) in [6, 6.07) is 0. The lowest BCUT2D eigenvalue weighted by Gasteiger charge is -2.17. The molecular formula is C10H8O5. The first kappa shape index (κ1) is 10.9. The molecule has 1 unspecified atom stereocenters. The van der Waals surface area contributed by atoms with E-state index in [0.29, 0.717) is 5.57 Å². The zero-order valence-corrected chi connectivity index (χ0v) is 7.85. The van der Waals surface area contributed by atoms with Crippen LogP contribution in [0.25, 0.3) is 0 Å². The van der Waals surface area contributed by atoms with Crippen molar-refractivity contribution in [1.82, 2.24) is 0 Å². The van der Waals surface area contributed by atoms with Crippen LogP contribution in [0.5, 0.6) is 0 Å². The Labute approximate surface area is 85.0 Å². The van der Waals surface area contributed by atoms with Crippen LogP contribution < -0.4 is 0 Å². The molecule has 0 aliphatic heterocycles. The summed E-state index contributed by atoms with van der Waals surface area (Å²) >= 11 is 0. The van der Waals surface area contributed by atoms with Crippen LogP contribution in [0.15, 0.2) is 28.9 Å². The molecule has 0 saturated heterocycles. The largest absolute Gasteiger partial charge is 0.481 e. The van der Waals surface area contributed by atoms with Gasteiger partial charge in [0.2, 0.25) is 0 Å². The second kappa shape index (κ2) is 3.94. The third kappa shape index (κ3) is 1.87. The predicted molar refractivity (Wildman–Crippen MR) is 49.8 cm³/mol. The minimum atomic E-state index is -1.33. The van der Waals surface area contributed by atoms with Crippen molar-refractivity contribution in [3.8, 4) is 0 Å². The van der Waals surface area contributed by atoms with Crippen molar-refractivity contribution >= 4 is 17.9 Å². The number of allylic oxidation sites excluding steroid dienone is 2. The summed E-state index contributed by atoms with van der Waals surface area (Å²) in [7, 11) is 0. The van der Waals surface area contributed by atoms with Crippen LogP contribution in [0.1, 0.15) is 6.92 Å². The van der Waals surface area contributed by atoms with E-state index in [2.05, 4.69) is 0 Å². The Kier molecular flexibility index (Phi) is 2.87. The van der Waals surface area contributed by atoms with E-state index in [-0.39, 0.29) is 11.1 Å². The average Bonchev–Trinajstić information content (AvgIpc) is 2.15. The summed E-state index contributed by atoms with van der Waals surface area (Å²) < 4.78 is 0. The van der Waals surface area contributed by atoms with Gasteiger partial charge in [-0.15, -0.1) is 0 Å². The van der Waals surface area contributed by atoms with E-state index in [1.54, 1.807) is 0 Å². The van der Waals surface area contributed by atoms with Gasteiger partial charge in [-0.25, -0.2) is 9.59 Å². The molecule has 0 radical (unpaired) electrons. The molecule has 15 heavy (non-hydrogen) atoms. The maximum absolute atomic E-state index is 10.8. The van der Waals surface area contributed by atoms with E-state index < -0.39 is 17.9 Å². The zero-order chi connectivity index (χ0) is 11.6. The van der Waals surface area contributed by atoms with Gasteiger partial charge in [-0.3, -0.25) is 4.79 Å². The third-order valence-electron chi connectivity index (χ3n) is 2.13. The van der Waals surface area contributed by atoms with Gasteiger partial charge in [-0.2, -0.15) is 0 Å². The van der Waals surface area contributed by atoms with Crippen molar-refractivity contribution in [2.45, 2.75) is 6.92 Å². The SMILES string of the molecule is CC1=CC=C(C(=O)O)C(=C=O)C1C(=O)O. The monoisotopic (exact) mass is 208 g/mol. The topological polar surface area (TPSA) is 91.7 Å². The molecule has 0 bridgehead atoms. The fourth-order valence-electron chi connectivity index (χ4n) is 1.40. The Balaban J connectivity index is 3.33. The van der Waals surface area contributed by atoms with Crippen LogP contribution in [0.2, 0.25) is 0 Å². The molecule has 0 amide bonds. The van der Waals surface area contributed by atoms with Crippen molar-refractivity contribution in [3.05, 3.63) is 28.9 Å². The van der Waals surface area contributed by atoms with Gasteiger partial charge >= 0.3 is 11.9 Å². The Morgan fingerprint density at radius 1 is 1.33 bits per heavy atom. The zero-order valence-electron chi connectivity index (χ0n) is 7.85. The van der Waals surface area contributed by atoms with Crippen molar-refractivity contribution in [2.24, 2.45) is 5.92 Å². The molecule has 5 nitrogen and oxygen atoms in total. The molecule has 0 aromatic rings. The molecule has 5 heteroatoms. The van der Waals surface area contributed by atoms with E-state index in [1.165, 1.54) is 25.0 Å². The van der Waals surface area contributed by atoms with Gasteiger partial charge in [0.15, 0.2) is 0 Å². The highest BCUT2D eigenvalue weighted by molar-refractivity contribution is 6.00. The van der Waals surface area contributed by atoms with Crippen LogP contribution in [-0.4, -0.2) is 28.1 Å². The summed E-state index contributed by atoms with van der Waals surface area (Å²) in [6.07, 6.45) is 2.58. The van der Waals surface area contributed by atoms with E-state index in [0.717, 1.165) is 0 Å². The number of hydrogen-bond acceptors (Lipinski definition) is 3. The summed E-state index contributed by atoms with van der Waals surface area (Å²) in [5.41, 5.74) is -0.246. The third-order valence-corrected chi connectivity index (χ3v) is 2.13. The number of carboxylic acids is 2. The van der Waals surface area contributed by atoms with Crippen molar-refractivity contribution < 1.29 is 24.6 Å². The first-order chi connectivity index (χ1) is 6.99. The van der Waals surface area contributed by atoms with Gasteiger partial charge in [-0.1, -0.05) is 11.6 Å². The minimum absolute atomic E-state index is 0.317. The molecule has 0 saturated carbocycles. The second-order valence-corrected chi connectivity index (χ2v) is 3.08. The first-order valence-electron chi connectivity index (χ1n) is 4.09. The van der Waals surface area contributed by atoms with Gasteiger partial charge in [0, 0.05) is 0 Å². The fraction of sp³-hybridized carbons (Fsp3) is 0.200. The van der Waals surface area contributed by atoms with Crippen molar-refractivity contribution in [3.63, 3.8) is 0 Å². The summed E-state index contributed by atoms with van der Waals surface area (Å²) in [4.78, 5) is 32.1. The Morgan fingerprint density at radius 3 is 2.33 bits per heavy atom. The lowest BCUT2D eigenvalue weighted by atomic mass is 9.84. The molecule has 1 aliphatic rings. The smallest absolute Gasteiger partial charge is 0.336 e. The Bertz CT molecular complexity index is 435. The number of rotatable bonds is 2. The predicted octanol–water partition coefficient (Wildman–Crippen LogP) is 0.416. The molecule has 1 aliphatic carbocycles. The lowest BCUT2D eigenvalue weighted by Crippen LogP contribution is -2.24. The maximum Gasteiger partial charge on any atom is 0.336 e. The van der Waals surface area contributed by atoms with Gasteiger partial charge in [0.25, 0.3) is 0 Å². The quantitative estimate of drug-likeness (QED) is 0.641. The molecule has 0 spiro atoms. The van der Waals surface area contributed by atoms with E-state index in [4.69, 9.17) is 10.2 Å². The van der Waals surface area contributed by atoms with Gasteiger partial charge in [0.1, 0.15) is 11.9 Å². The molecule has 0 aromatic carbocycles. The summed E-state index contributed by atoms with van der Waals surface area (Å²) in [5, 5.41) is 17.6. The molecule has 78 valence electrons. The summed E-state index contributed by atoms with van der Waals surface area (Å²) in [5.74, 6) is -2.40. The van der Waals surface area contributed by atoms with E-state index in [9.17, 15) is 14.4 Å². The number of carbonyl (C=O) groups excluding carboxylic acids is 1.